The number of carbonyl (C=O) groups is 1. The molecular weight excluding hydrogens is 224 g/mol. The van der Waals surface area contributed by atoms with Gasteiger partial charge in [0, 0.05) is 32.6 Å². The summed E-state index contributed by atoms with van der Waals surface area (Å²) in [6.45, 7) is 4.27. The minimum absolute atomic E-state index is 0.426. The molecule has 2 saturated heterocycles. The number of hydrogen-bond acceptors (Lipinski definition) is 2. The zero-order chi connectivity index (χ0) is 12.4. The molecule has 1 N–H and O–H groups in total. The third kappa shape index (κ3) is 2.71. The monoisotopic (exact) mass is 250 g/mol. The van der Waals surface area contributed by atoms with Gasteiger partial charge in [-0.2, -0.15) is 0 Å². The van der Waals surface area contributed by atoms with Crippen molar-refractivity contribution in [1.82, 2.24) is 10.2 Å². The van der Waals surface area contributed by atoms with Gasteiger partial charge in [0.2, 0.25) is 5.91 Å². The first-order valence-electron chi connectivity index (χ1n) is 7.81. The molecule has 3 aliphatic rings. The van der Waals surface area contributed by atoms with E-state index < -0.39 is 0 Å². The largest absolute Gasteiger partial charge is 0.342 e. The Hall–Kier alpha value is -0.570. The molecule has 0 aromatic rings. The van der Waals surface area contributed by atoms with Crippen LogP contribution in [0, 0.1) is 17.8 Å². The summed E-state index contributed by atoms with van der Waals surface area (Å²) in [7, 11) is 0. The molecule has 3 rings (SSSR count). The number of rotatable bonds is 3. The Morgan fingerprint density at radius 2 is 1.72 bits per heavy atom. The summed E-state index contributed by atoms with van der Waals surface area (Å²) < 4.78 is 0. The van der Waals surface area contributed by atoms with Crippen molar-refractivity contribution in [2.24, 2.45) is 17.8 Å². The summed E-state index contributed by atoms with van der Waals surface area (Å²) >= 11 is 0. The second-order valence-electron chi connectivity index (χ2n) is 6.52. The maximum atomic E-state index is 12.2. The van der Waals surface area contributed by atoms with Gasteiger partial charge < -0.3 is 10.2 Å². The van der Waals surface area contributed by atoms with Gasteiger partial charge in [0.05, 0.1) is 0 Å². The minimum atomic E-state index is 0.426. The number of amides is 1. The van der Waals surface area contributed by atoms with E-state index in [2.05, 4.69) is 10.2 Å². The molecule has 2 heterocycles. The second-order valence-corrected chi connectivity index (χ2v) is 6.52. The number of nitrogens with zero attached hydrogens (tertiary/aromatic N) is 1. The fourth-order valence-electron chi connectivity index (χ4n) is 4.02. The topological polar surface area (TPSA) is 32.3 Å². The van der Waals surface area contributed by atoms with Crippen molar-refractivity contribution in [1.29, 1.82) is 0 Å². The molecule has 0 aromatic carbocycles. The Kier molecular flexibility index (Phi) is 3.88. The van der Waals surface area contributed by atoms with Gasteiger partial charge in [-0.1, -0.05) is 32.1 Å². The Labute approximate surface area is 110 Å². The van der Waals surface area contributed by atoms with E-state index in [1.807, 2.05) is 0 Å². The number of carbonyl (C=O) groups excluding carboxylic acids is 1. The third-order valence-corrected chi connectivity index (χ3v) is 5.23. The van der Waals surface area contributed by atoms with Crippen molar-refractivity contribution in [3.63, 3.8) is 0 Å². The van der Waals surface area contributed by atoms with Crippen LogP contribution in [0.5, 0.6) is 0 Å². The van der Waals surface area contributed by atoms with E-state index in [9.17, 15) is 4.79 Å². The molecule has 3 fully saturated rings. The highest BCUT2D eigenvalue weighted by molar-refractivity contribution is 5.76. The van der Waals surface area contributed by atoms with E-state index in [0.29, 0.717) is 5.91 Å². The standard InChI is InChI=1S/C15H26N2O/c18-15(7-6-12-4-2-1-3-5-12)17-10-13-8-16-9-14(13)11-17/h12-14,16H,1-11H2. The van der Waals surface area contributed by atoms with Gasteiger partial charge >= 0.3 is 0 Å². The summed E-state index contributed by atoms with van der Waals surface area (Å²) in [5.41, 5.74) is 0. The Balaban J connectivity index is 1.41. The Morgan fingerprint density at radius 1 is 1.06 bits per heavy atom. The first-order chi connectivity index (χ1) is 8.83. The van der Waals surface area contributed by atoms with Crippen LogP contribution in [-0.2, 0) is 4.79 Å². The number of likely N-dealkylation sites (tertiary alicyclic amines) is 1. The van der Waals surface area contributed by atoms with E-state index in [0.717, 1.165) is 56.8 Å². The van der Waals surface area contributed by atoms with Gasteiger partial charge in [0.15, 0.2) is 0 Å². The van der Waals surface area contributed by atoms with Crippen LogP contribution >= 0.6 is 0 Å². The highest BCUT2D eigenvalue weighted by Gasteiger charge is 2.37. The van der Waals surface area contributed by atoms with Crippen LogP contribution in [0.1, 0.15) is 44.9 Å². The average molecular weight is 250 g/mol. The molecule has 2 aliphatic heterocycles. The quantitative estimate of drug-likeness (QED) is 0.831. The van der Waals surface area contributed by atoms with Crippen LogP contribution in [0.4, 0.5) is 0 Å². The van der Waals surface area contributed by atoms with Crippen molar-refractivity contribution < 1.29 is 4.79 Å². The van der Waals surface area contributed by atoms with E-state index in [1.165, 1.54) is 32.1 Å². The van der Waals surface area contributed by atoms with E-state index in [-0.39, 0.29) is 0 Å². The highest BCUT2D eigenvalue weighted by atomic mass is 16.2. The summed E-state index contributed by atoms with van der Waals surface area (Å²) in [4.78, 5) is 14.4. The fourth-order valence-corrected chi connectivity index (χ4v) is 4.02. The minimum Gasteiger partial charge on any atom is -0.342 e. The van der Waals surface area contributed by atoms with Gasteiger partial charge in [-0.25, -0.2) is 0 Å². The molecule has 0 aromatic heterocycles. The molecule has 3 nitrogen and oxygen atoms in total. The van der Waals surface area contributed by atoms with E-state index >= 15 is 0 Å². The lowest BCUT2D eigenvalue weighted by atomic mass is 9.86. The Bertz CT molecular complexity index is 287. The van der Waals surface area contributed by atoms with Crippen molar-refractivity contribution in [3.8, 4) is 0 Å². The van der Waals surface area contributed by atoms with Gasteiger partial charge in [-0.05, 0) is 24.2 Å². The fraction of sp³-hybridized carbons (Fsp3) is 0.933. The summed E-state index contributed by atoms with van der Waals surface area (Å²) in [5.74, 6) is 2.74. The molecule has 2 atom stereocenters. The maximum Gasteiger partial charge on any atom is 0.222 e. The first-order valence-corrected chi connectivity index (χ1v) is 7.81. The van der Waals surface area contributed by atoms with Crippen LogP contribution in [0.2, 0.25) is 0 Å². The molecule has 0 radical (unpaired) electrons. The molecule has 102 valence electrons. The van der Waals surface area contributed by atoms with Crippen LogP contribution in [0.25, 0.3) is 0 Å². The van der Waals surface area contributed by atoms with Crippen LogP contribution < -0.4 is 5.32 Å². The van der Waals surface area contributed by atoms with E-state index in [1.54, 1.807) is 0 Å². The lowest BCUT2D eigenvalue weighted by molar-refractivity contribution is -0.130. The molecule has 3 heteroatoms. The number of hydrogen-bond donors (Lipinski definition) is 1. The second kappa shape index (κ2) is 5.60. The first kappa shape index (κ1) is 12.5. The third-order valence-electron chi connectivity index (χ3n) is 5.23. The van der Waals surface area contributed by atoms with Gasteiger partial charge in [-0.3, -0.25) is 4.79 Å². The molecule has 2 unspecified atom stereocenters. The van der Waals surface area contributed by atoms with Crippen molar-refractivity contribution in [3.05, 3.63) is 0 Å². The summed E-state index contributed by atoms with van der Waals surface area (Å²) in [5, 5.41) is 3.43. The van der Waals surface area contributed by atoms with Crippen LogP contribution in [0.3, 0.4) is 0 Å². The van der Waals surface area contributed by atoms with Crippen LogP contribution in [-0.4, -0.2) is 37.0 Å². The molecule has 1 amide bonds. The molecular formula is C15H26N2O. The van der Waals surface area contributed by atoms with Gasteiger partial charge in [-0.15, -0.1) is 0 Å². The van der Waals surface area contributed by atoms with Crippen molar-refractivity contribution >= 4 is 5.91 Å². The predicted octanol–water partition coefficient (Wildman–Crippen LogP) is 2.02. The maximum absolute atomic E-state index is 12.2. The average Bonchev–Trinajstić information content (AvgIpc) is 2.98. The Morgan fingerprint density at radius 3 is 2.39 bits per heavy atom. The molecule has 18 heavy (non-hydrogen) atoms. The number of nitrogens with one attached hydrogen (secondary N) is 1. The molecule has 0 spiro atoms. The van der Waals surface area contributed by atoms with Crippen LogP contribution in [0.15, 0.2) is 0 Å². The zero-order valence-corrected chi connectivity index (χ0v) is 11.4. The van der Waals surface area contributed by atoms with E-state index in [4.69, 9.17) is 0 Å². The van der Waals surface area contributed by atoms with Gasteiger partial charge in [0.25, 0.3) is 0 Å². The lowest BCUT2D eigenvalue weighted by Gasteiger charge is -2.23. The van der Waals surface area contributed by atoms with Crippen molar-refractivity contribution in [2.75, 3.05) is 26.2 Å². The predicted molar refractivity (Wildman–Crippen MR) is 72.2 cm³/mol. The molecule has 1 saturated carbocycles. The van der Waals surface area contributed by atoms with Crippen molar-refractivity contribution in [2.45, 2.75) is 44.9 Å². The highest BCUT2D eigenvalue weighted by Crippen LogP contribution is 2.29. The number of fused-ring (bicyclic) bond motifs is 1. The van der Waals surface area contributed by atoms with Gasteiger partial charge in [0.1, 0.15) is 0 Å². The normalized spacial score (nSPS) is 32.8. The smallest absolute Gasteiger partial charge is 0.222 e. The molecule has 1 aliphatic carbocycles. The SMILES string of the molecule is O=C(CCC1CCCCC1)N1CC2CNCC2C1. The zero-order valence-electron chi connectivity index (χ0n) is 11.4. The lowest BCUT2D eigenvalue weighted by Crippen LogP contribution is -2.32. The summed E-state index contributed by atoms with van der Waals surface area (Å²) in [6, 6.07) is 0. The molecule has 0 bridgehead atoms. The summed E-state index contributed by atoms with van der Waals surface area (Å²) in [6.07, 6.45) is 8.86.